The van der Waals surface area contributed by atoms with E-state index in [1.54, 1.807) is 21.5 Å². The Labute approximate surface area is 177 Å². The number of hydrogen-bond donors (Lipinski definition) is 0. The molecular weight excluding hydrogens is 402 g/mol. The van der Waals surface area contributed by atoms with E-state index < -0.39 is 10.0 Å². The minimum absolute atomic E-state index is 0.0902. The molecule has 8 heteroatoms. The topological polar surface area (TPSA) is 79.8 Å². The quantitative estimate of drug-likeness (QED) is 0.730. The zero-order valence-electron chi connectivity index (χ0n) is 17.5. The van der Waals surface area contributed by atoms with Gasteiger partial charge in [0.25, 0.3) is 5.91 Å². The number of aryl methyl sites for hydroxylation is 1. The highest BCUT2D eigenvalue weighted by Gasteiger charge is 2.35. The fraction of sp³-hybridized carbons (Fsp3) is 0.455. The summed E-state index contributed by atoms with van der Waals surface area (Å²) in [6.07, 6.45) is 4.68. The number of ether oxygens (including phenoxy) is 1. The van der Waals surface area contributed by atoms with Gasteiger partial charge in [0.05, 0.1) is 24.4 Å². The Morgan fingerprint density at radius 3 is 2.67 bits per heavy atom. The average molecular weight is 430 g/mol. The van der Waals surface area contributed by atoms with E-state index in [-0.39, 0.29) is 18.0 Å². The predicted octanol–water partition coefficient (Wildman–Crippen LogP) is 2.74. The maximum Gasteiger partial charge on any atom is 0.256 e. The monoisotopic (exact) mass is 429 g/mol. The van der Waals surface area contributed by atoms with E-state index in [0.29, 0.717) is 25.3 Å². The second-order valence-electron chi connectivity index (χ2n) is 8.26. The van der Waals surface area contributed by atoms with Crippen LogP contribution in [0.25, 0.3) is 0 Å². The SMILES string of the molecule is Cc1ccc(C(=O)N2Cc3cc(CN(C4CC4)S(C)(=O)=O)ccc3OC[C@@H]2C)cn1. The Morgan fingerprint density at radius 2 is 2.03 bits per heavy atom. The number of hydrogen-bond acceptors (Lipinski definition) is 5. The largest absolute Gasteiger partial charge is 0.491 e. The van der Waals surface area contributed by atoms with Gasteiger partial charge < -0.3 is 9.64 Å². The van der Waals surface area contributed by atoms with Gasteiger partial charge >= 0.3 is 0 Å². The van der Waals surface area contributed by atoms with Crippen molar-refractivity contribution in [3.63, 3.8) is 0 Å². The number of carbonyl (C=O) groups excluding carboxylic acids is 1. The van der Waals surface area contributed by atoms with Gasteiger partial charge in [-0.3, -0.25) is 9.78 Å². The molecule has 0 bridgehead atoms. The third-order valence-electron chi connectivity index (χ3n) is 5.62. The predicted molar refractivity (Wildman–Crippen MR) is 114 cm³/mol. The van der Waals surface area contributed by atoms with Crippen LogP contribution in [0.5, 0.6) is 5.75 Å². The van der Waals surface area contributed by atoms with Gasteiger partial charge in [-0.25, -0.2) is 8.42 Å². The van der Waals surface area contributed by atoms with Gasteiger partial charge in [0.2, 0.25) is 10.0 Å². The van der Waals surface area contributed by atoms with Crippen LogP contribution < -0.4 is 4.74 Å². The summed E-state index contributed by atoms with van der Waals surface area (Å²) < 4.78 is 31.8. The molecule has 0 spiro atoms. The summed E-state index contributed by atoms with van der Waals surface area (Å²) in [4.78, 5) is 19.1. The van der Waals surface area contributed by atoms with E-state index in [2.05, 4.69) is 4.98 Å². The van der Waals surface area contributed by atoms with Crippen molar-refractivity contribution >= 4 is 15.9 Å². The van der Waals surface area contributed by atoms with Gasteiger partial charge in [-0.15, -0.1) is 0 Å². The number of sulfonamides is 1. The summed E-state index contributed by atoms with van der Waals surface area (Å²) in [5.41, 5.74) is 3.19. The molecule has 1 atom stereocenters. The summed E-state index contributed by atoms with van der Waals surface area (Å²) in [5, 5.41) is 0. The van der Waals surface area contributed by atoms with Gasteiger partial charge in [0.15, 0.2) is 0 Å². The van der Waals surface area contributed by atoms with Crippen LogP contribution in [0, 0.1) is 6.92 Å². The third kappa shape index (κ3) is 4.49. The summed E-state index contributed by atoms with van der Waals surface area (Å²) >= 11 is 0. The minimum Gasteiger partial charge on any atom is -0.491 e. The molecule has 1 aliphatic carbocycles. The van der Waals surface area contributed by atoms with Gasteiger partial charge in [-0.2, -0.15) is 4.31 Å². The molecule has 4 rings (SSSR count). The van der Waals surface area contributed by atoms with Gasteiger partial charge in [0, 0.05) is 30.0 Å². The molecule has 1 aromatic carbocycles. The lowest BCUT2D eigenvalue weighted by atomic mass is 10.1. The van der Waals surface area contributed by atoms with Gasteiger partial charge in [-0.05, 0) is 56.5 Å². The molecule has 0 radical (unpaired) electrons. The number of carbonyl (C=O) groups is 1. The van der Waals surface area contributed by atoms with Gasteiger partial charge in [0.1, 0.15) is 12.4 Å². The number of rotatable bonds is 5. The average Bonchev–Trinajstić information content (AvgIpc) is 3.53. The van der Waals surface area contributed by atoms with Crippen molar-refractivity contribution < 1.29 is 17.9 Å². The fourth-order valence-corrected chi connectivity index (χ4v) is 4.86. The Bertz CT molecular complexity index is 1050. The molecule has 0 saturated heterocycles. The van der Waals surface area contributed by atoms with E-state index >= 15 is 0 Å². The highest BCUT2D eigenvalue weighted by atomic mass is 32.2. The number of fused-ring (bicyclic) bond motifs is 1. The first kappa shape index (κ1) is 20.8. The normalized spacial score (nSPS) is 19.2. The second kappa shape index (κ2) is 8.00. The van der Waals surface area contributed by atoms with Crippen LogP contribution in [-0.4, -0.2) is 53.5 Å². The summed E-state index contributed by atoms with van der Waals surface area (Å²) in [6.45, 7) is 4.98. The molecule has 1 aliphatic heterocycles. The van der Waals surface area contributed by atoms with Crippen LogP contribution in [0.15, 0.2) is 36.5 Å². The molecule has 1 aromatic heterocycles. The zero-order chi connectivity index (χ0) is 21.5. The molecule has 1 amide bonds. The fourth-order valence-electron chi connectivity index (χ4n) is 3.73. The van der Waals surface area contributed by atoms with Crippen molar-refractivity contribution in [2.45, 2.75) is 51.9 Å². The number of nitrogens with zero attached hydrogens (tertiary/aromatic N) is 3. The number of pyridine rings is 1. The van der Waals surface area contributed by atoms with Crippen LogP contribution in [0.4, 0.5) is 0 Å². The number of benzene rings is 1. The molecule has 0 unspecified atom stereocenters. The van der Waals surface area contributed by atoms with Crippen LogP contribution >= 0.6 is 0 Å². The maximum absolute atomic E-state index is 13.1. The molecule has 160 valence electrons. The number of aromatic nitrogens is 1. The molecule has 1 saturated carbocycles. The molecule has 30 heavy (non-hydrogen) atoms. The molecule has 2 aromatic rings. The standard InChI is InChI=1S/C22H27N3O4S/c1-15-4-6-18(11-23-15)22(26)24-13-19-10-17(5-9-21(19)29-14-16(24)2)12-25(20-7-8-20)30(3,27)28/h4-6,9-11,16,20H,7-8,12-14H2,1-3H3/t16-/m0/s1. The highest BCUT2D eigenvalue weighted by molar-refractivity contribution is 7.88. The van der Waals surface area contributed by atoms with Crippen molar-refractivity contribution in [2.24, 2.45) is 0 Å². The van der Waals surface area contributed by atoms with E-state index in [1.165, 1.54) is 6.26 Å². The van der Waals surface area contributed by atoms with Crippen LogP contribution in [0.1, 0.15) is 46.9 Å². The summed E-state index contributed by atoms with van der Waals surface area (Å²) in [6, 6.07) is 9.37. The smallest absolute Gasteiger partial charge is 0.256 e. The van der Waals surface area contributed by atoms with Crippen molar-refractivity contribution in [1.29, 1.82) is 0 Å². The van der Waals surface area contributed by atoms with E-state index in [1.807, 2.05) is 38.1 Å². The Kier molecular flexibility index (Phi) is 5.55. The lowest BCUT2D eigenvalue weighted by Crippen LogP contribution is -2.39. The molecule has 2 heterocycles. The first-order chi connectivity index (χ1) is 14.2. The third-order valence-corrected chi connectivity index (χ3v) is 6.89. The van der Waals surface area contributed by atoms with Crippen LogP contribution in [0.3, 0.4) is 0 Å². The molecule has 1 fully saturated rings. The molecule has 0 N–H and O–H groups in total. The minimum atomic E-state index is -3.27. The highest BCUT2D eigenvalue weighted by Crippen LogP contribution is 2.32. The van der Waals surface area contributed by atoms with Gasteiger partial charge in [-0.1, -0.05) is 6.07 Å². The first-order valence-electron chi connectivity index (χ1n) is 10.2. The lowest BCUT2D eigenvalue weighted by molar-refractivity contribution is 0.0645. The molecule has 7 nitrogen and oxygen atoms in total. The van der Waals surface area contributed by atoms with Crippen molar-refractivity contribution in [3.05, 3.63) is 58.9 Å². The lowest BCUT2D eigenvalue weighted by Gasteiger charge is -2.26. The maximum atomic E-state index is 13.1. The Morgan fingerprint density at radius 1 is 1.27 bits per heavy atom. The number of amides is 1. The van der Waals surface area contributed by atoms with Crippen molar-refractivity contribution in [1.82, 2.24) is 14.2 Å². The van der Waals surface area contributed by atoms with E-state index in [4.69, 9.17) is 4.74 Å². The molecule has 2 aliphatic rings. The van der Waals surface area contributed by atoms with Crippen molar-refractivity contribution in [3.8, 4) is 5.75 Å². The Balaban J connectivity index is 1.59. The zero-order valence-corrected chi connectivity index (χ0v) is 18.4. The summed E-state index contributed by atoms with van der Waals surface area (Å²) in [7, 11) is -3.27. The van der Waals surface area contributed by atoms with E-state index in [0.717, 1.165) is 35.4 Å². The van der Waals surface area contributed by atoms with Crippen LogP contribution in [-0.2, 0) is 23.1 Å². The Hall–Kier alpha value is -2.45. The first-order valence-corrected chi connectivity index (χ1v) is 12.0. The van der Waals surface area contributed by atoms with Crippen molar-refractivity contribution in [2.75, 3.05) is 12.9 Å². The van der Waals surface area contributed by atoms with Crippen LogP contribution in [0.2, 0.25) is 0 Å². The summed E-state index contributed by atoms with van der Waals surface area (Å²) in [5.74, 6) is 0.646. The second-order valence-corrected chi connectivity index (χ2v) is 10.2. The van der Waals surface area contributed by atoms with E-state index in [9.17, 15) is 13.2 Å². The molecular formula is C22H27N3O4S.